The van der Waals surface area contributed by atoms with Crippen molar-refractivity contribution in [2.24, 2.45) is 46.3 Å². The lowest BCUT2D eigenvalue weighted by Gasteiger charge is -2.62. The Hall–Kier alpha value is -0.910. The van der Waals surface area contributed by atoms with Crippen LogP contribution in [0.1, 0.15) is 85.5 Å². The molecule has 0 aliphatic heterocycles. The predicted octanol–water partition coefficient (Wildman–Crippen LogP) is 5.72. The fraction of sp³-hybridized carbons (Fsp3) is 0.889. The zero-order valence-corrected chi connectivity index (χ0v) is 22.5. The SMILES string of the molecule is COC(=O)CC[C@@H](C)[C@H]1CC[C@H]2[C@@H]3CC[C@@H]4C[C@H](OC(C)=O)CC[C@]4(C)[C@H]3C(Br)C(=O)[C@]12C. The second-order valence-electron chi connectivity index (χ2n) is 11.9. The molecule has 4 rings (SSSR count). The number of rotatable bonds is 5. The van der Waals surface area contributed by atoms with E-state index in [-0.39, 0.29) is 33.7 Å². The van der Waals surface area contributed by atoms with Crippen molar-refractivity contribution in [3.05, 3.63) is 0 Å². The monoisotopic (exact) mass is 524 g/mol. The fourth-order valence-electron chi connectivity index (χ4n) is 8.92. The lowest BCUT2D eigenvalue weighted by atomic mass is 9.44. The lowest BCUT2D eigenvalue weighted by Crippen LogP contribution is -2.62. The molecule has 0 bridgehead atoms. The van der Waals surface area contributed by atoms with E-state index in [0.29, 0.717) is 47.7 Å². The van der Waals surface area contributed by atoms with Gasteiger partial charge in [-0.1, -0.05) is 36.7 Å². The summed E-state index contributed by atoms with van der Waals surface area (Å²) in [5.41, 5.74) is -0.206. The predicted molar refractivity (Wildman–Crippen MR) is 130 cm³/mol. The zero-order valence-electron chi connectivity index (χ0n) is 20.9. The molecular weight excluding hydrogens is 484 g/mol. The van der Waals surface area contributed by atoms with Crippen molar-refractivity contribution < 1.29 is 23.9 Å². The molecule has 0 heterocycles. The van der Waals surface area contributed by atoms with Gasteiger partial charge in [-0.3, -0.25) is 14.4 Å². The summed E-state index contributed by atoms with van der Waals surface area (Å²) < 4.78 is 10.4. The number of fused-ring (bicyclic) bond motifs is 5. The molecule has 33 heavy (non-hydrogen) atoms. The number of carbonyl (C=O) groups excluding carboxylic acids is 3. The third-order valence-corrected chi connectivity index (χ3v) is 11.5. The Kier molecular flexibility index (Phi) is 7.08. The minimum atomic E-state index is -0.316. The van der Waals surface area contributed by atoms with Crippen LogP contribution in [0.15, 0.2) is 0 Å². The molecule has 0 aromatic carbocycles. The Labute approximate surface area is 207 Å². The highest BCUT2D eigenvalue weighted by atomic mass is 79.9. The summed E-state index contributed by atoms with van der Waals surface area (Å²) in [7, 11) is 1.44. The fourth-order valence-corrected chi connectivity index (χ4v) is 10.4. The van der Waals surface area contributed by atoms with Crippen molar-refractivity contribution in [1.82, 2.24) is 0 Å². The van der Waals surface area contributed by atoms with Gasteiger partial charge in [0.2, 0.25) is 0 Å². The van der Waals surface area contributed by atoms with Crippen molar-refractivity contribution >= 4 is 33.7 Å². The number of carbonyl (C=O) groups is 3. The van der Waals surface area contributed by atoms with Crippen LogP contribution in [-0.2, 0) is 23.9 Å². The highest BCUT2D eigenvalue weighted by Crippen LogP contribution is 2.68. The molecule has 0 aromatic rings. The maximum atomic E-state index is 14.1. The van der Waals surface area contributed by atoms with Crippen LogP contribution in [0.2, 0.25) is 0 Å². The van der Waals surface area contributed by atoms with Gasteiger partial charge >= 0.3 is 11.9 Å². The third-order valence-electron chi connectivity index (χ3n) is 10.5. The maximum Gasteiger partial charge on any atom is 0.305 e. The summed E-state index contributed by atoms with van der Waals surface area (Å²) in [5, 5.41) is 0. The van der Waals surface area contributed by atoms with Crippen molar-refractivity contribution in [3.63, 3.8) is 0 Å². The summed E-state index contributed by atoms with van der Waals surface area (Å²) in [6.07, 6.45) is 8.62. The second kappa shape index (κ2) is 9.28. The van der Waals surface area contributed by atoms with Crippen LogP contribution < -0.4 is 0 Å². The quantitative estimate of drug-likeness (QED) is 0.339. The standard InChI is InChI=1S/C27H41BrO5/c1-15(6-11-22(30)32-5)20-9-10-21-19-8-7-17-14-18(33-16(2)29)12-13-26(17,3)23(19)24(28)25(31)27(20,21)4/h15,17-21,23-24H,6-14H2,1-5H3/t15-,17-,18-,19+,20-,21+,23-,24?,26+,27-/m1/s1. The van der Waals surface area contributed by atoms with Gasteiger partial charge in [0.1, 0.15) is 6.10 Å². The van der Waals surface area contributed by atoms with Crippen molar-refractivity contribution in [2.75, 3.05) is 7.11 Å². The minimum absolute atomic E-state index is 0.0296. The average molecular weight is 526 g/mol. The Morgan fingerprint density at radius 3 is 2.55 bits per heavy atom. The molecule has 186 valence electrons. The molecule has 0 spiro atoms. The second-order valence-corrected chi connectivity index (χ2v) is 12.9. The molecule has 0 amide bonds. The topological polar surface area (TPSA) is 69.7 Å². The van der Waals surface area contributed by atoms with E-state index in [1.807, 2.05) is 0 Å². The molecule has 0 aromatic heterocycles. The molecule has 0 N–H and O–H groups in total. The van der Waals surface area contributed by atoms with E-state index in [1.54, 1.807) is 0 Å². The molecule has 10 atom stereocenters. The summed E-state index contributed by atoms with van der Waals surface area (Å²) in [5.74, 6) is 2.54. The molecule has 4 fully saturated rings. The van der Waals surface area contributed by atoms with E-state index in [9.17, 15) is 14.4 Å². The van der Waals surface area contributed by atoms with Crippen LogP contribution >= 0.6 is 15.9 Å². The molecule has 0 saturated heterocycles. The zero-order chi connectivity index (χ0) is 24.1. The van der Waals surface area contributed by atoms with Gasteiger partial charge in [-0.15, -0.1) is 0 Å². The van der Waals surface area contributed by atoms with E-state index in [0.717, 1.165) is 44.9 Å². The number of Topliss-reactive ketones (excluding diaryl/α,β-unsaturated/α-hetero) is 1. The van der Waals surface area contributed by atoms with Crippen LogP contribution in [0.5, 0.6) is 0 Å². The number of esters is 2. The van der Waals surface area contributed by atoms with Crippen LogP contribution in [-0.4, -0.2) is 35.8 Å². The normalized spacial score (nSPS) is 45.4. The Balaban J connectivity index is 1.55. The number of hydrogen-bond donors (Lipinski definition) is 0. The third kappa shape index (κ3) is 4.10. The lowest BCUT2D eigenvalue weighted by molar-refractivity contribution is -0.165. The first-order chi connectivity index (χ1) is 15.5. The van der Waals surface area contributed by atoms with Crippen LogP contribution in [0.25, 0.3) is 0 Å². The molecule has 4 aliphatic rings. The van der Waals surface area contributed by atoms with E-state index in [2.05, 4.69) is 36.7 Å². The summed E-state index contributed by atoms with van der Waals surface area (Å²) in [6, 6.07) is 0. The van der Waals surface area contributed by atoms with Gasteiger partial charge in [0.15, 0.2) is 5.78 Å². The Morgan fingerprint density at radius 2 is 1.88 bits per heavy atom. The molecule has 1 unspecified atom stereocenters. The maximum absolute atomic E-state index is 14.1. The van der Waals surface area contributed by atoms with Gasteiger partial charge in [0.25, 0.3) is 0 Å². The molecule has 4 aliphatic carbocycles. The average Bonchev–Trinajstić information content (AvgIpc) is 3.13. The molecular formula is C27H41BrO5. The first-order valence-corrected chi connectivity index (χ1v) is 13.9. The van der Waals surface area contributed by atoms with Gasteiger partial charge in [-0.2, -0.15) is 0 Å². The van der Waals surface area contributed by atoms with Crippen LogP contribution in [0.3, 0.4) is 0 Å². The number of methoxy groups -OCH3 is 1. The van der Waals surface area contributed by atoms with Gasteiger partial charge in [0, 0.05) is 18.8 Å². The molecule has 0 radical (unpaired) electrons. The van der Waals surface area contributed by atoms with Crippen molar-refractivity contribution in [3.8, 4) is 0 Å². The highest BCUT2D eigenvalue weighted by Gasteiger charge is 2.66. The number of ketones is 1. The summed E-state index contributed by atoms with van der Waals surface area (Å²) in [6.45, 7) is 8.37. The summed E-state index contributed by atoms with van der Waals surface area (Å²) >= 11 is 3.96. The van der Waals surface area contributed by atoms with E-state index in [4.69, 9.17) is 9.47 Å². The van der Waals surface area contributed by atoms with Gasteiger partial charge < -0.3 is 9.47 Å². The number of hydrogen-bond acceptors (Lipinski definition) is 5. The van der Waals surface area contributed by atoms with Crippen molar-refractivity contribution in [1.29, 1.82) is 0 Å². The van der Waals surface area contributed by atoms with Crippen LogP contribution in [0.4, 0.5) is 0 Å². The number of alkyl halides is 1. The number of halogens is 1. The van der Waals surface area contributed by atoms with Gasteiger partial charge in [0.05, 0.1) is 11.9 Å². The van der Waals surface area contributed by atoms with Crippen LogP contribution in [0, 0.1) is 46.3 Å². The molecule has 5 nitrogen and oxygen atoms in total. The Morgan fingerprint density at radius 1 is 1.15 bits per heavy atom. The molecule has 6 heteroatoms. The van der Waals surface area contributed by atoms with E-state index >= 15 is 0 Å². The van der Waals surface area contributed by atoms with Gasteiger partial charge in [-0.05, 0) is 92.3 Å². The smallest absolute Gasteiger partial charge is 0.305 e. The number of ether oxygens (including phenoxy) is 2. The molecule has 4 saturated carbocycles. The summed E-state index contributed by atoms with van der Waals surface area (Å²) in [4.78, 5) is 37.2. The Bertz CT molecular complexity index is 797. The van der Waals surface area contributed by atoms with E-state index in [1.165, 1.54) is 20.5 Å². The highest BCUT2D eigenvalue weighted by molar-refractivity contribution is 9.10. The largest absolute Gasteiger partial charge is 0.469 e. The first kappa shape index (κ1) is 25.2. The minimum Gasteiger partial charge on any atom is -0.469 e. The van der Waals surface area contributed by atoms with E-state index < -0.39 is 0 Å². The van der Waals surface area contributed by atoms with Crippen molar-refractivity contribution in [2.45, 2.75) is 96.4 Å². The van der Waals surface area contributed by atoms with Gasteiger partial charge in [-0.25, -0.2) is 0 Å². The first-order valence-electron chi connectivity index (χ1n) is 13.0.